The van der Waals surface area contributed by atoms with Crippen LogP contribution in [0.2, 0.25) is 0 Å². The van der Waals surface area contributed by atoms with Gasteiger partial charge in [0, 0.05) is 18.2 Å². The van der Waals surface area contributed by atoms with Gasteiger partial charge in [-0.2, -0.15) is 0 Å². The zero-order valence-electron chi connectivity index (χ0n) is 10.2. The van der Waals surface area contributed by atoms with Crippen LogP contribution in [-0.4, -0.2) is 34.0 Å². The fraction of sp³-hybridized carbons (Fsp3) is 0.462. The number of hydrogen-bond donors (Lipinski definition) is 1. The molecule has 1 unspecified atom stereocenters. The summed E-state index contributed by atoms with van der Waals surface area (Å²) >= 11 is 0. The Hall–Kier alpha value is -1.75. The Morgan fingerprint density at radius 3 is 3.22 bits per heavy atom. The van der Waals surface area contributed by atoms with Gasteiger partial charge in [0.25, 0.3) is 0 Å². The molecule has 1 fully saturated rings. The Morgan fingerprint density at radius 1 is 1.50 bits per heavy atom. The molecule has 0 amide bonds. The molecule has 5 heteroatoms. The lowest BCUT2D eigenvalue weighted by molar-refractivity contribution is 0.112. The predicted octanol–water partition coefficient (Wildman–Crippen LogP) is 1.08. The summed E-state index contributed by atoms with van der Waals surface area (Å²) in [6, 6.07) is 3.56. The molecule has 0 saturated carbocycles. The summed E-state index contributed by atoms with van der Waals surface area (Å²) < 4.78 is 1.97. The Morgan fingerprint density at radius 2 is 2.44 bits per heavy atom. The average molecular weight is 244 g/mol. The van der Waals surface area contributed by atoms with Gasteiger partial charge in [-0.3, -0.25) is 9.20 Å². The second-order valence-electron chi connectivity index (χ2n) is 4.84. The molecular weight excluding hydrogens is 228 g/mol. The summed E-state index contributed by atoms with van der Waals surface area (Å²) in [5.74, 6) is 1.62. The monoisotopic (exact) mass is 244 g/mol. The van der Waals surface area contributed by atoms with Crippen molar-refractivity contribution in [3.8, 4) is 0 Å². The van der Waals surface area contributed by atoms with Gasteiger partial charge in [-0.15, -0.1) is 10.2 Å². The smallest absolute Gasteiger partial charge is 0.161 e. The highest BCUT2D eigenvalue weighted by Crippen LogP contribution is 2.16. The highest BCUT2D eigenvalue weighted by atomic mass is 16.1. The van der Waals surface area contributed by atoms with Crippen molar-refractivity contribution in [1.29, 1.82) is 0 Å². The molecule has 1 atom stereocenters. The highest BCUT2D eigenvalue weighted by Gasteiger charge is 2.16. The second-order valence-corrected chi connectivity index (χ2v) is 4.84. The second kappa shape index (κ2) is 4.86. The summed E-state index contributed by atoms with van der Waals surface area (Å²) in [7, 11) is 0. The van der Waals surface area contributed by atoms with E-state index in [0.29, 0.717) is 11.5 Å². The van der Waals surface area contributed by atoms with Gasteiger partial charge in [0.15, 0.2) is 5.65 Å². The molecule has 1 saturated heterocycles. The number of piperidine rings is 1. The maximum Gasteiger partial charge on any atom is 0.161 e. The molecule has 18 heavy (non-hydrogen) atoms. The third-order valence-corrected chi connectivity index (χ3v) is 3.51. The van der Waals surface area contributed by atoms with Crippen LogP contribution in [0.15, 0.2) is 18.3 Å². The lowest BCUT2D eigenvalue weighted by Crippen LogP contribution is -2.31. The van der Waals surface area contributed by atoms with Gasteiger partial charge < -0.3 is 5.32 Å². The summed E-state index contributed by atoms with van der Waals surface area (Å²) in [4.78, 5) is 10.7. The molecule has 0 aliphatic carbocycles. The van der Waals surface area contributed by atoms with Crippen molar-refractivity contribution >= 4 is 11.9 Å². The fourth-order valence-corrected chi connectivity index (χ4v) is 2.53. The van der Waals surface area contributed by atoms with Gasteiger partial charge in [0.2, 0.25) is 0 Å². The molecule has 2 aromatic heterocycles. The summed E-state index contributed by atoms with van der Waals surface area (Å²) in [5, 5.41) is 11.8. The van der Waals surface area contributed by atoms with Crippen molar-refractivity contribution in [2.75, 3.05) is 13.1 Å². The molecule has 1 aliphatic heterocycles. The van der Waals surface area contributed by atoms with Crippen molar-refractivity contribution in [3.05, 3.63) is 29.7 Å². The number of pyridine rings is 1. The zero-order chi connectivity index (χ0) is 12.4. The summed E-state index contributed by atoms with van der Waals surface area (Å²) in [6.07, 6.45) is 6.13. The number of fused-ring (bicyclic) bond motifs is 1. The van der Waals surface area contributed by atoms with Crippen molar-refractivity contribution < 1.29 is 4.79 Å². The maximum absolute atomic E-state index is 10.7. The van der Waals surface area contributed by atoms with E-state index in [1.165, 1.54) is 12.8 Å². The van der Waals surface area contributed by atoms with Crippen LogP contribution < -0.4 is 5.32 Å². The minimum atomic E-state index is 0.636. The van der Waals surface area contributed by atoms with Crippen LogP contribution in [0.1, 0.15) is 29.0 Å². The van der Waals surface area contributed by atoms with E-state index in [0.717, 1.165) is 37.3 Å². The first-order valence-corrected chi connectivity index (χ1v) is 6.36. The van der Waals surface area contributed by atoms with Crippen molar-refractivity contribution in [2.45, 2.75) is 19.3 Å². The topological polar surface area (TPSA) is 59.3 Å². The van der Waals surface area contributed by atoms with Crippen LogP contribution >= 0.6 is 0 Å². The Kier molecular flexibility index (Phi) is 3.06. The Balaban J connectivity index is 1.85. The number of aldehydes is 1. The van der Waals surface area contributed by atoms with Crippen LogP contribution in [0.25, 0.3) is 5.65 Å². The number of hydrogen-bond acceptors (Lipinski definition) is 4. The molecule has 1 N–H and O–H groups in total. The average Bonchev–Trinajstić information content (AvgIpc) is 2.82. The zero-order valence-corrected chi connectivity index (χ0v) is 10.2. The largest absolute Gasteiger partial charge is 0.316 e. The first-order valence-electron chi connectivity index (χ1n) is 6.36. The van der Waals surface area contributed by atoms with Crippen LogP contribution in [0, 0.1) is 5.92 Å². The molecule has 0 spiro atoms. The van der Waals surface area contributed by atoms with Gasteiger partial charge in [-0.1, -0.05) is 0 Å². The van der Waals surface area contributed by atoms with Crippen molar-refractivity contribution in [1.82, 2.24) is 19.9 Å². The van der Waals surface area contributed by atoms with E-state index in [1.54, 1.807) is 12.1 Å². The molecule has 1 aliphatic rings. The van der Waals surface area contributed by atoms with E-state index >= 15 is 0 Å². The number of rotatable bonds is 3. The third-order valence-electron chi connectivity index (χ3n) is 3.51. The van der Waals surface area contributed by atoms with Gasteiger partial charge in [-0.25, -0.2) is 0 Å². The maximum atomic E-state index is 10.7. The Labute approximate surface area is 105 Å². The van der Waals surface area contributed by atoms with Crippen molar-refractivity contribution in [2.24, 2.45) is 5.92 Å². The number of carbonyl (C=O) groups excluding carboxylic acids is 1. The molecule has 3 rings (SSSR count). The van der Waals surface area contributed by atoms with E-state index in [-0.39, 0.29) is 0 Å². The normalized spacial score (nSPS) is 20.1. The van der Waals surface area contributed by atoms with Gasteiger partial charge in [0.1, 0.15) is 12.1 Å². The number of carbonyl (C=O) groups is 1. The molecular formula is C13H16N4O. The van der Waals surface area contributed by atoms with Crippen LogP contribution in [0.4, 0.5) is 0 Å². The fourth-order valence-electron chi connectivity index (χ4n) is 2.53. The summed E-state index contributed by atoms with van der Waals surface area (Å²) in [6.45, 7) is 2.18. The number of nitrogens with one attached hydrogen (secondary N) is 1. The molecule has 0 aromatic carbocycles. The minimum absolute atomic E-state index is 0.636. The van der Waals surface area contributed by atoms with E-state index in [2.05, 4.69) is 15.5 Å². The van der Waals surface area contributed by atoms with E-state index in [9.17, 15) is 4.79 Å². The quantitative estimate of drug-likeness (QED) is 0.821. The standard InChI is InChI=1S/C13H16N4O/c18-9-11-3-5-17-12(15-16-13(17)7-11)6-10-2-1-4-14-8-10/h3,5,7,9-10,14H,1-2,4,6,8H2. The molecule has 3 heterocycles. The third kappa shape index (κ3) is 2.13. The first kappa shape index (κ1) is 11.3. The first-order chi connectivity index (χ1) is 8.86. The lowest BCUT2D eigenvalue weighted by atomic mass is 9.96. The molecule has 5 nitrogen and oxygen atoms in total. The van der Waals surface area contributed by atoms with Gasteiger partial charge >= 0.3 is 0 Å². The van der Waals surface area contributed by atoms with Gasteiger partial charge in [-0.05, 0) is 44.0 Å². The predicted molar refractivity (Wildman–Crippen MR) is 67.7 cm³/mol. The highest BCUT2D eigenvalue weighted by molar-refractivity contribution is 5.76. The molecule has 94 valence electrons. The van der Waals surface area contributed by atoms with Gasteiger partial charge in [0.05, 0.1) is 0 Å². The molecule has 0 bridgehead atoms. The molecule has 0 radical (unpaired) electrons. The number of nitrogens with zero attached hydrogens (tertiary/aromatic N) is 3. The van der Waals surface area contributed by atoms with Crippen molar-refractivity contribution in [3.63, 3.8) is 0 Å². The minimum Gasteiger partial charge on any atom is -0.316 e. The molecule has 2 aromatic rings. The van der Waals surface area contributed by atoms with E-state index < -0.39 is 0 Å². The summed E-state index contributed by atoms with van der Waals surface area (Å²) in [5.41, 5.74) is 1.39. The van der Waals surface area contributed by atoms with E-state index in [1.807, 2.05) is 10.6 Å². The Bertz CT molecular complexity index is 557. The number of aromatic nitrogens is 3. The lowest BCUT2D eigenvalue weighted by Gasteiger charge is -2.21. The van der Waals surface area contributed by atoms with Crippen LogP contribution in [0.3, 0.4) is 0 Å². The SMILES string of the molecule is O=Cc1ccn2c(CC3CCCNC3)nnc2c1. The van der Waals surface area contributed by atoms with Crippen LogP contribution in [0.5, 0.6) is 0 Å². The van der Waals surface area contributed by atoms with Crippen LogP contribution in [-0.2, 0) is 6.42 Å². The van der Waals surface area contributed by atoms with E-state index in [4.69, 9.17) is 0 Å².